The molecule has 1 aliphatic heterocycles. The molecule has 10 aromatic carbocycles. The van der Waals surface area contributed by atoms with E-state index in [-0.39, 0.29) is 5.41 Å². The fraction of sp³-hybridized carbons (Fsp3) is 0.0526. The van der Waals surface area contributed by atoms with Crippen LogP contribution in [0.1, 0.15) is 25.0 Å². The Morgan fingerprint density at radius 1 is 0.373 bits per heavy atom. The van der Waals surface area contributed by atoms with Gasteiger partial charge in [0.05, 0.1) is 17.1 Å². The average Bonchev–Trinajstić information content (AvgIpc) is 3.30. The zero-order valence-corrected chi connectivity index (χ0v) is 33.2. The smallest absolute Gasteiger partial charge is 0.0618 e. The standard InChI is InChI=1S/C57H42N2/c1-57(2)52-29-15-16-30-53(52)59(56-47-25-12-9-18-39(47)34-37-50(56)51-38-41-19-10-11-24-45(41)48-26-13-14-27-49(48)51)54-31-17-28-46(55(54)57)40-32-35-44(36-33-40)58(42-20-5-3-6-21-42)43-22-7-4-8-23-43/h3-38H,1-2H3. The van der Waals surface area contributed by atoms with Crippen LogP contribution in [-0.2, 0) is 5.41 Å². The van der Waals surface area contributed by atoms with Gasteiger partial charge < -0.3 is 9.80 Å². The molecule has 280 valence electrons. The molecule has 0 unspecified atom stereocenters. The van der Waals surface area contributed by atoms with Gasteiger partial charge in [0.25, 0.3) is 0 Å². The van der Waals surface area contributed by atoms with Crippen molar-refractivity contribution >= 4 is 66.4 Å². The zero-order valence-electron chi connectivity index (χ0n) is 33.2. The number of fused-ring (bicyclic) bond motifs is 6. The fourth-order valence-corrected chi connectivity index (χ4v) is 9.71. The molecule has 0 atom stereocenters. The van der Waals surface area contributed by atoms with Crippen molar-refractivity contribution in [3.63, 3.8) is 0 Å². The predicted octanol–water partition coefficient (Wildman–Crippen LogP) is 16.1. The molecule has 0 radical (unpaired) electrons. The first-order valence-corrected chi connectivity index (χ1v) is 20.5. The summed E-state index contributed by atoms with van der Waals surface area (Å²) in [6, 6.07) is 79.9. The minimum atomic E-state index is -0.293. The maximum absolute atomic E-state index is 2.57. The third kappa shape index (κ3) is 5.63. The Morgan fingerprint density at radius 3 is 1.66 bits per heavy atom. The largest absolute Gasteiger partial charge is 0.311 e. The number of rotatable bonds is 6. The van der Waals surface area contributed by atoms with Gasteiger partial charge in [-0.2, -0.15) is 0 Å². The Hall–Kier alpha value is -7.42. The van der Waals surface area contributed by atoms with E-state index in [4.69, 9.17) is 0 Å². The number of benzene rings is 10. The van der Waals surface area contributed by atoms with Crippen molar-refractivity contribution in [1.29, 1.82) is 0 Å². The van der Waals surface area contributed by atoms with Crippen molar-refractivity contribution in [2.45, 2.75) is 19.3 Å². The third-order valence-electron chi connectivity index (χ3n) is 12.4. The highest BCUT2D eigenvalue weighted by Crippen LogP contribution is 2.57. The van der Waals surface area contributed by atoms with Crippen molar-refractivity contribution in [3.8, 4) is 22.3 Å². The lowest BCUT2D eigenvalue weighted by atomic mass is 9.70. The fourth-order valence-electron chi connectivity index (χ4n) is 9.71. The predicted molar refractivity (Wildman–Crippen MR) is 251 cm³/mol. The molecule has 0 N–H and O–H groups in total. The summed E-state index contributed by atoms with van der Waals surface area (Å²) >= 11 is 0. The highest BCUT2D eigenvalue weighted by atomic mass is 15.2. The highest BCUT2D eigenvalue weighted by Gasteiger charge is 2.40. The van der Waals surface area contributed by atoms with Gasteiger partial charge in [-0.25, -0.2) is 0 Å². The third-order valence-corrected chi connectivity index (χ3v) is 12.4. The maximum Gasteiger partial charge on any atom is 0.0618 e. The monoisotopic (exact) mass is 754 g/mol. The molecule has 1 aliphatic rings. The second kappa shape index (κ2) is 13.9. The molecule has 0 aromatic heterocycles. The van der Waals surface area contributed by atoms with Gasteiger partial charge in [0, 0.05) is 33.4 Å². The molecule has 0 bridgehead atoms. The summed E-state index contributed by atoms with van der Waals surface area (Å²) in [5, 5.41) is 7.47. The molecule has 0 saturated heterocycles. The van der Waals surface area contributed by atoms with Crippen LogP contribution >= 0.6 is 0 Å². The Balaban J connectivity index is 1.15. The normalized spacial score (nSPS) is 13.0. The van der Waals surface area contributed by atoms with Crippen LogP contribution in [0.15, 0.2) is 218 Å². The van der Waals surface area contributed by atoms with E-state index in [2.05, 4.69) is 242 Å². The summed E-state index contributed by atoms with van der Waals surface area (Å²) in [6.07, 6.45) is 0. The van der Waals surface area contributed by atoms with Crippen LogP contribution in [0, 0.1) is 0 Å². The quantitative estimate of drug-likeness (QED) is 0.156. The molecule has 2 nitrogen and oxygen atoms in total. The molecule has 1 heterocycles. The van der Waals surface area contributed by atoms with Gasteiger partial charge in [0.2, 0.25) is 0 Å². The van der Waals surface area contributed by atoms with Gasteiger partial charge in [0.15, 0.2) is 0 Å². The maximum atomic E-state index is 2.57. The summed E-state index contributed by atoms with van der Waals surface area (Å²) in [7, 11) is 0. The lowest BCUT2D eigenvalue weighted by Crippen LogP contribution is -2.31. The van der Waals surface area contributed by atoms with Crippen LogP contribution < -0.4 is 9.80 Å². The van der Waals surface area contributed by atoms with Gasteiger partial charge in [-0.05, 0) is 109 Å². The van der Waals surface area contributed by atoms with E-state index in [9.17, 15) is 0 Å². The molecule has 0 spiro atoms. The van der Waals surface area contributed by atoms with Crippen LogP contribution in [0.3, 0.4) is 0 Å². The first-order chi connectivity index (χ1) is 29.1. The molecular weight excluding hydrogens is 713 g/mol. The molecule has 0 aliphatic carbocycles. The molecule has 0 fully saturated rings. The van der Waals surface area contributed by atoms with Gasteiger partial charge in [0.1, 0.15) is 0 Å². The second-order valence-corrected chi connectivity index (χ2v) is 16.1. The molecule has 59 heavy (non-hydrogen) atoms. The Bertz CT molecular complexity index is 3140. The number of hydrogen-bond donors (Lipinski definition) is 0. The van der Waals surface area contributed by atoms with E-state index in [0.717, 1.165) is 17.1 Å². The van der Waals surface area contributed by atoms with E-state index in [1.54, 1.807) is 0 Å². The van der Waals surface area contributed by atoms with Gasteiger partial charge in [-0.15, -0.1) is 0 Å². The van der Waals surface area contributed by atoms with E-state index in [0.29, 0.717) is 0 Å². The highest BCUT2D eigenvalue weighted by molar-refractivity contribution is 6.17. The molecule has 0 saturated carbocycles. The Labute approximate surface area is 345 Å². The average molecular weight is 755 g/mol. The van der Waals surface area contributed by atoms with Crippen LogP contribution in [0.5, 0.6) is 0 Å². The zero-order chi connectivity index (χ0) is 39.5. The SMILES string of the molecule is CC1(C)c2ccccc2N(c2c(-c3cc4ccccc4c4ccccc34)ccc3ccccc23)c2cccc(-c3ccc(N(c4ccccc4)c4ccccc4)cc3)c21. The van der Waals surface area contributed by atoms with Crippen molar-refractivity contribution in [2.24, 2.45) is 0 Å². The van der Waals surface area contributed by atoms with Gasteiger partial charge in [-0.1, -0.05) is 178 Å². The number of hydrogen-bond acceptors (Lipinski definition) is 2. The molecule has 2 heteroatoms. The first-order valence-electron chi connectivity index (χ1n) is 20.5. The van der Waals surface area contributed by atoms with Crippen molar-refractivity contribution in [2.75, 3.05) is 9.80 Å². The van der Waals surface area contributed by atoms with Crippen LogP contribution in [0.4, 0.5) is 34.1 Å². The summed E-state index contributed by atoms with van der Waals surface area (Å²) in [5.74, 6) is 0. The van der Waals surface area contributed by atoms with Crippen molar-refractivity contribution in [3.05, 3.63) is 230 Å². The molecule has 0 amide bonds. The molecule has 10 aromatic rings. The van der Waals surface area contributed by atoms with Crippen molar-refractivity contribution in [1.82, 2.24) is 0 Å². The van der Waals surface area contributed by atoms with Crippen LogP contribution in [-0.4, -0.2) is 0 Å². The lowest BCUT2D eigenvalue weighted by Gasteiger charge is -2.44. The van der Waals surface area contributed by atoms with Gasteiger partial charge in [-0.3, -0.25) is 0 Å². The summed E-state index contributed by atoms with van der Waals surface area (Å²) in [4.78, 5) is 4.90. The number of para-hydroxylation sites is 3. The lowest BCUT2D eigenvalue weighted by molar-refractivity contribution is 0.634. The summed E-state index contributed by atoms with van der Waals surface area (Å²) in [6.45, 7) is 4.79. The Kier molecular flexibility index (Phi) is 8.20. The molecular formula is C57H42N2. The topological polar surface area (TPSA) is 6.48 Å². The van der Waals surface area contributed by atoms with E-state index in [1.807, 2.05) is 0 Å². The van der Waals surface area contributed by atoms with Crippen LogP contribution in [0.2, 0.25) is 0 Å². The summed E-state index contributed by atoms with van der Waals surface area (Å²) < 4.78 is 0. The number of anilines is 6. The Morgan fingerprint density at radius 2 is 0.932 bits per heavy atom. The first kappa shape index (κ1) is 34.8. The van der Waals surface area contributed by atoms with Crippen molar-refractivity contribution < 1.29 is 0 Å². The van der Waals surface area contributed by atoms with E-state index >= 15 is 0 Å². The summed E-state index contributed by atoms with van der Waals surface area (Å²) in [5.41, 5.74) is 14.2. The molecule has 11 rings (SSSR count). The van der Waals surface area contributed by atoms with E-state index in [1.165, 1.54) is 82.8 Å². The van der Waals surface area contributed by atoms with Gasteiger partial charge >= 0.3 is 0 Å². The van der Waals surface area contributed by atoms with E-state index < -0.39 is 0 Å². The van der Waals surface area contributed by atoms with Crippen LogP contribution in [0.25, 0.3) is 54.6 Å². The second-order valence-electron chi connectivity index (χ2n) is 16.1. The minimum Gasteiger partial charge on any atom is -0.311 e. The minimum absolute atomic E-state index is 0.293. The number of nitrogens with zero attached hydrogens (tertiary/aromatic N) is 2.